The number of nitrogens with zero attached hydrogens (tertiary/aromatic N) is 1. The summed E-state index contributed by atoms with van der Waals surface area (Å²) in [6, 6.07) is 6.34. The summed E-state index contributed by atoms with van der Waals surface area (Å²) < 4.78 is 92.3. The molecule has 1 aliphatic heterocycles. The number of aryl methyl sites for hydroxylation is 2. The topological polar surface area (TPSA) is 110 Å². The molecule has 0 amide bonds. The summed E-state index contributed by atoms with van der Waals surface area (Å²) in [7, 11) is -4.33. The van der Waals surface area contributed by atoms with Crippen LogP contribution < -0.4 is 9.04 Å². The van der Waals surface area contributed by atoms with Gasteiger partial charge in [0.25, 0.3) is 10.0 Å². The molecule has 0 aliphatic carbocycles. The van der Waals surface area contributed by atoms with Crippen LogP contribution in [0.25, 0.3) is 0 Å². The molecule has 0 radical (unpaired) electrons. The van der Waals surface area contributed by atoms with E-state index in [-0.39, 0.29) is 52.4 Å². The zero-order chi connectivity index (χ0) is 28.6. The van der Waals surface area contributed by atoms with Crippen LogP contribution in [0.4, 0.5) is 23.2 Å². The largest absolute Gasteiger partial charge is 0.486 e. The number of anilines is 1. The molecule has 0 spiro atoms. The number of aliphatic carboxylic acids is 1. The molecule has 208 valence electrons. The molecule has 38 heavy (non-hydrogen) atoms. The molecular weight excluding hydrogens is 534 g/mol. The van der Waals surface area contributed by atoms with Crippen molar-refractivity contribution in [1.29, 1.82) is 0 Å². The summed E-state index contributed by atoms with van der Waals surface area (Å²) in [4.78, 5) is 23.1. The van der Waals surface area contributed by atoms with Crippen LogP contribution in [0, 0.1) is 19.7 Å². The molecular formula is C25H27F4NO7S. The van der Waals surface area contributed by atoms with Crippen LogP contribution in [-0.2, 0) is 30.8 Å². The molecule has 1 aliphatic rings. The van der Waals surface area contributed by atoms with E-state index in [1.807, 2.05) is 0 Å². The third-order valence-electron chi connectivity index (χ3n) is 6.03. The third kappa shape index (κ3) is 6.20. The fraction of sp³-hybridized carbons (Fsp3) is 0.440. The van der Waals surface area contributed by atoms with E-state index in [4.69, 9.17) is 9.84 Å². The highest BCUT2D eigenvalue weighted by Crippen LogP contribution is 2.39. The normalized spacial score (nSPS) is 16.0. The van der Waals surface area contributed by atoms with E-state index < -0.39 is 52.1 Å². The van der Waals surface area contributed by atoms with Crippen molar-refractivity contribution >= 4 is 27.6 Å². The average Bonchev–Trinajstić information content (AvgIpc) is 2.79. The zero-order valence-electron chi connectivity index (χ0n) is 21.1. The number of halogens is 4. The lowest BCUT2D eigenvalue weighted by Gasteiger charge is -2.36. The number of carboxylic acids is 1. The van der Waals surface area contributed by atoms with Crippen LogP contribution in [0.15, 0.2) is 35.2 Å². The summed E-state index contributed by atoms with van der Waals surface area (Å²) in [6.45, 7) is 3.97. The van der Waals surface area contributed by atoms with Crippen molar-refractivity contribution in [3.63, 3.8) is 0 Å². The van der Waals surface area contributed by atoms with Crippen molar-refractivity contribution < 1.29 is 50.1 Å². The summed E-state index contributed by atoms with van der Waals surface area (Å²) >= 11 is 0. The number of hydrogen-bond donors (Lipinski definition) is 1. The minimum absolute atomic E-state index is 0.00316. The van der Waals surface area contributed by atoms with E-state index in [2.05, 4.69) is 4.74 Å². The number of benzene rings is 2. The minimum atomic E-state index is -4.80. The predicted molar refractivity (Wildman–Crippen MR) is 128 cm³/mol. The van der Waals surface area contributed by atoms with E-state index in [1.165, 1.54) is 44.2 Å². The van der Waals surface area contributed by atoms with Gasteiger partial charge in [0.05, 0.1) is 23.5 Å². The second kappa shape index (κ2) is 10.4. The fourth-order valence-corrected chi connectivity index (χ4v) is 5.53. The van der Waals surface area contributed by atoms with Gasteiger partial charge in [-0.05, 0) is 75.1 Å². The Hall–Kier alpha value is -3.35. The van der Waals surface area contributed by atoms with Crippen molar-refractivity contribution in [2.24, 2.45) is 0 Å². The number of rotatable bonds is 8. The summed E-state index contributed by atoms with van der Waals surface area (Å²) in [5.41, 5.74) is -2.37. The zero-order valence-corrected chi connectivity index (χ0v) is 21.9. The quantitative estimate of drug-likeness (QED) is 0.368. The second-order valence-electron chi connectivity index (χ2n) is 9.54. The smallest absolute Gasteiger partial charge is 0.427 e. The number of fused-ring (bicyclic) bond motifs is 1. The lowest BCUT2D eigenvalue weighted by atomic mass is 10.1. The lowest BCUT2D eigenvalue weighted by molar-refractivity contribution is -0.257. The first-order chi connectivity index (χ1) is 17.4. The fourth-order valence-electron chi connectivity index (χ4n) is 3.86. The van der Waals surface area contributed by atoms with Gasteiger partial charge in [-0.2, -0.15) is 13.2 Å². The van der Waals surface area contributed by atoms with E-state index >= 15 is 0 Å². The molecule has 0 unspecified atom stereocenters. The number of sulfonamides is 1. The predicted octanol–water partition coefficient (Wildman–Crippen LogP) is 4.69. The van der Waals surface area contributed by atoms with Gasteiger partial charge in [-0.3, -0.25) is 13.9 Å². The highest BCUT2D eigenvalue weighted by atomic mass is 32.2. The number of carboxylic acid groups (broad SMARTS) is 1. The number of carbonyl (C=O) groups excluding carboxylic acids is 1. The Labute approximate surface area is 217 Å². The van der Waals surface area contributed by atoms with Gasteiger partial charge in [-0.15, -0.1) is 0 Å². The van der Waals surface area contributed by atoms with Crippen molar-refractivity contribution in [2.75, 3.05) is 10.8 Å². The number of ether oxygens (including phenoxy) is 2. The highest BCUT2D eigenvalue weighted by Gasteiger charge is 2.50. The molecule has 1 N–H and O–H groups in total. The number of esters is 1. The van der Waals surface area contributed by atoms with Crippen molar-refractivity contribution in [1.82, 2.24) is 0 Å². The maximum atomic E-state index is 14.2. The molecule has 1 heterocycles. The summed E-state index contributed by atoms with van der Waals surface area (Å²) in [6.07, 6.45) is -6.52. The number of alkyl halides is 3. The molecule has 3 rings (SSSR count). The second-order valence-corrected chi connectivity index (χ2v) is 11.4. The molecule has 2 aromatic carbocycles. The lowest BCUT2D eigenvalue weighted by Crippen LogP contribution is -2.44. The Morgan fingerprint density at radius 2 is 1.74 bits per heavy atom. The minimum Gasteiger partial charge on any atom is -0.486 e. The Morgan fingerprint density at radius 3 is 2.29 bits per heavy atom. The maximum Gasteiger partial charge on any atom is 0.427 e. The SMILES string of the molecule is Cc1cc(S(=O)(=O)N2C[C@H](CCC(=O)O)Oc3ccc(CC(=O)OC(C)(C)C(F)(F)F)cc32)cc(C)c1F. The summed E-state index contributed by atoms with van der Waals surface area (Å²) in [5, 5.41) is 9.04. The van der Waals surface area contributed by atoms with Crippen molar-refractivity contribution in [3.05, 3.63) is 52.8 Å². The van der Waals surface area contributed by atoms with Gasteiger partial charge in [0, 0.05) is 6.42 Å². The molecule has 0 saturated heterocycles. The molecule has 13 heteroatoms. The highest BCUT2D eigenvalue weighted by molar-refractivity contribution is 7.92. The van der Waals surface area contributed by atoms with Crippen LogP contribution in [0.1, 0.15) is 43.4 Å². The van der Waals surface area contributed by atoms with Crippen LogP contribution in [0.3, 0.4) is 0 Å². The van der Waals surface area contributed by atoms with Gasteiger partial charge in [0.15, 0.2) is 0 Å². The standard InChI is InChI=1S/C25H27F4NO7S/c1-14-9-18(10-15(2)23(14)26)38(34,35)30-13-17(6-8-21(31)32)36-20-7-5-16(11-19(20)30)12-22(33)37-24(3,4)25(27,28)29/h5,7,9-11,17H,6,8,12-13H2,1-4H3,(H,31,32)/t17-/m0/s1. The first-order valence-electron chi connectivity index (χ1n) is 11.5. The molecule has 1 atom stereocenters. The van der Waals surface area contributed by atoms with Gasteiger partial charge in [-0.1, -0.05) is 6.07 Å². The van der Waals surface area contributed by atoms with Gasteiger partial charge in [-0.25, -0.2) is 12.8 Å². The Morgan fingerprint density at radius 1 is 1.13 bits per heavy atom. The average molecular weight is 562 g/mol. The van der Waals surface area contributed by atoms with E-state index in [9.17, 15) is 35.6 Å². The first-order valence-corrected chi connectivity index (χ1v) is 13.0. The molecule has 0 fully saturated rings. The van der Waals surface area contributed by atoms with Crippen molar-refractivity contribution in [2.45, 2.75) is 69.7 Å². The Balaban J connectivity index is 2.00. The number of hydrogen-bond acceptors (Lipinski definition) is 6. The van der Waals surface area contributed by atoms with Crippen LogP contribution >= 0.6 is 0 Å². The van der Waals surface area contributed by atoms with Gasteiger partial charge in [0.2, 0.25) is 5.60 Å². The first kappa shape index (κ1) is 29.2. The van der Waals surface area contributed by atoms with Crippen LogP contribution in [0.5, 0.6) is 5.75 Å². The number of carbonyl (C=O) groups is 2. The monoisotopic (exact) mass is 561 g/mol. The van der Waals surface area contributed by atoms with Crippen molar-refractivity contribution in [3.8, 4) is 5.75 Å². The molecule has 0 bridgehead atoms. The van der Waals surface area contributed by atoms with E-state index in [0.717, 1.165) is 4.31 Å². The molecule has 0 aromatic heterocycles. The maximum absolute atomic E-state index is 14.2. The third-order valence-corrected chi connectivity index (χ3v) is 7.79. The summed E-state index contributed by atoms with van der Waals surface area (Å²) in [5.74, 6) is -2.77. The Kier molecular flexibility index (Phi) is 8.02. The van der Waals surface area contributed by atoms with E-state index in [1.54, 1.807) is 0 Å². The van der Waals surface area contributed by atoms with Gasteiger partial charge >= 0.3 is 18.1 Å². The van der Waals surface area contributed by atoms with Gasteiger partial charge < -0.3 is 14.6 Å². The molecule has 8 nitrogen and oxygen atoms in total. The molecule has 2 aromatic rings. The van der Waals surface area contributed by atoms with Crippen LogP contribution in [0.2, 0.25) is 0 Å². The Bertz CT molecular complexity index is 1330. The molecule has 0 saturated carbocycles. The van der Waals surface area contributed by atoms with E-state index in [0.29, 0.717) is 13.8 Å². The van der Waals surface area contributed by atoms with Gasteiger partial charge in [0.1, 0.15) is 17.7 Å². The van der Waals surface area contributed by atoms with Crippen LogP contribution in [-0.4, -0.2) is 49.9 Å².